The van der Waals surface area contributed by atoms with Crippen molar-refractivity contribution in [2.75, 3.05) is 13.1 Å². The maximum absolute atomic E-state index is 5.94. The third kappa shape index (κ3) is 1.76. The first-order valence-corrected chi connectivity index (χ1v) is 5.82. The number of fused-ring (bicyclic) bond motifs is 1. The van der Waals surface area contributed by atoms with Gasteiger partial charge in [0.15, 0.2) is 11.7 Å². The molecule has 0 atom stereocenters. The van der Waals surface area contributed by atoms with Crippen LogP contribution in [0.3, 0.4) is 0 Å². The van der Waals surface area contributed by atoms with E-state index >= 15 is 0 Å². The Morgan fingerprint density at radius 1 is 1.29 bits per heavy atom. The molecule has 2 aromatic rings. The molecule has 2 heterocycles. The van der Waals surface area contributed by atoms with E-state index in [0.717, 1.165) is 11.0 Å². The molecule has 17 heavy (non-hydrogen) atoms. The van der Waals surface area contributed by atoms with E-state index in [2.05, 4.69) is 15.0 Å². The molecule has 0 unspecified atom stereocenters. The number of benzene rings is 1. The number of H-pyrrole nitrogens is 1. The molecule has 3 N–H and O–H groups in total. The van der Waals surface area contributed by atoms with Gasteiger partial charge in [0.1, 0.15) is 0 Å². The van der Waals surface area contributed by atoms with Crippen molar-refractivity contribution in [1.82, 2.24) is 15.0 Å². The molecule has 7 heteroatoms. The van der Waals surface area contributed by atoms with Crippen molar-refractivity contribution in [3.05, 3.63) is 28.0 Å². The van der Waals surface area contributed by atoms with Crippen molar-refractivity contribution in [3.8, 4) is 0 Å². The van der Waals surface area contributed by atoms with Gasteiger partial charge in [0.05, 0.1) is 34.2 Å². The maximum Gasteiger partial charge on any atom is 0.181 e. The van der Waals surface area contributed by atoms with Crippen LogP contribution in [0.4, 0.5) is 0 Å². The van der Waals surface area contributed by atoms with Gasteiger partial charge >= 0.3 is 0 Å². The van der Waals surface area contributed by atoms with Gasteiger partial charge in [-0.2, -0.15) is 0 Å². The lowest BCUT2D eigenvalue weighted by molar-refractivity contribution is 0.482. The van der Waals surface area contributed by atoms with Gasteiger partial charge in [0.2, 0.25) is 0 Å². The summed E-state index contributed by atoms with van der Waals surface area (Å²) in [4.78, 5) is 11.8. The number of nitrogens with zero attached hydrogens (tertiary/aromatic N) is 3. The molecule has 5 nitrogen and oxygen atoms in total. The van der Waals surface area contributed by atoms with Crippen LogP contribution >= 0.6 is 23.2 Å². The standard InChI is InChI=1S/C10H9Cl2N5/c11-5-3-7-8(4-6(5)12)16-9(15-7)10-14-1-2-17(10)13/h3-4H,1-2,13H2,(H,15,16). The zero-order valence-corrected chi connectivity index (χ0v) is 10.3. The Bertz CT molecular complexity index is 579. The quantitative estimate of drug-likeness (QED) is 0.776. The number of imidazole rings is 1. The van der Waals surface area contributed by atoms with E-state index in [0.29, 0.717) is 34.8 Å². The normalized spacial score (nSPS) is 15.7. The van der Waals surface area contributed by atoms with Gasteiger partial charge in [-0.1, -0.05) is 23.2 Å². The lowest BCUT2D eigenvalue weighted by Gasteiger charge is -2.09. The molecular weight excluding hydrogens is 261 g/mol. The highest BCUT2D eigenvalue weighted by molar-refractivity contribution is 6.42. The van der Waals surface area contributed by atoms with Crippen LogP contribution in [0.5, 0.6) is 0 Å². The third-order valence-electron chi connectivity index (χ3n) is 2.61. The van der Waals surface area contributed by atoms with E-state index in [1.807, 2.05) is 0 Å². The summed E-state index contributed by atoms with van der Waals surface area (Å²) >= 11 is 11.9. The van der Waals surface area contributed by atoms with Gasteiger partial charge in [-0.05, 0) is 12.1 Å². The molecule has 0 amide bonds. The van der Waals surface area contributed by atoms with Gasteiger partial charge < -0.3 is 4.98 Å². The lowest BCUT2D eigenvalue weighted by Crippen LogP contribution is -2.35. The van der Waals surface area contributed by atoms with E-state index in [-0.39, 0.29) is 0 Å². The second-order valence-corrected chi connectivity index (χ2v) is 4.58. The average molecular weight is 270 g/mol. The predicted octanol–water partition coefficient (Wildman–Crippen LogP) is 1.81. The van der Waals surface area contributed by atoms with Crippen molar-refractivity contribution in [2.45, 2.75) is 0 Å². The monoisotopic (exact) mass is 269 g/mol. The number of hydrogen-bond acceptors (Lipinski definition) is 4. The lowest BCUT2D eigenvalue weighted by atomic mass is 10.3. The number of aliphatic imine (C=N–C) groups is 1. The highest BCUT2D eigenvalue weighted by Crippen LogP contribution is 2.26. The molecule has 0 spiro atoms. The van der Waals surface area contributed by atoms with Crippen LogP contribution in [0.25, 0.3) is 11.0 Å². The number of aromatic nitrogens is 2. The fourth-order valence-corrected chi connectivity index (χ4v) is 2.10. The minimum atomic E-state index is 0.482. The van der Waals surface area contributed by atoms with E-state index in [4.69, 9.17) is 29.0 Å². The summed E-state index contributed by atoms with van der Waals surface area (Å²) in [5.41, 5.74) is 1.56. The number of halogens is 2. The maximum atomic E-state index is 5.94. The molecule has 0 saturated carbocycles. The molecule has 0 bridgehead atoms. The highest BCUT2D eigenvalue weighted by Gasteiger charge is 2.19. The van der Waals surface area contributed by atoms with Crippen molar-refractivity contribution >= 4 is 40.1 Å². The average Bonchev–Trinajstić information content (AvgIpc) is 2.85. The van der Waals surface area contributed by atoms with Gasteiger partial charge in [0, 0.05) is 0 Å². The summed E-state index contributed by atoms with van der Waals surface area (Å²) in [5.74, 6) is 7.08. The van der Waals surface area contributed by atoms with Crippen molar-refractivity contribution in [2.24, 2.45) is 10.8 Å². The smallest absolute Gasteiger partial charge is 0.181 e. The molecule has 0 saturated heterocycles. The first-order valence-electron chi connectivity index (χ1n) is 5.07. The minimum absolute atomic E-state index is 0.482. The van der Waals surface area contributed by atoms with E-state index in [1.165, 1.54) is 0 Å². The Morgan fingerprint density at radius 3 is 2.76 bits per heavy atom. The second kappa shape index (κ2) is 3.87. The Balaban J connectivity index is 2.14. The largest absolute Gasteiger partial charge is 0.335 e. The van der Waals surface area contributed by atoms with Crippen LogP contribution in [0.15, 0.2) is 17.1 Å². The number of amidine groups is 1. The molecule has 1 aliphatic heterocycles. The third-order valence-corrected chi connectivity index (χ3v) is 3.33. The number of hydrazine groups is 1. The fourth-order valence-electron chi connectivity index (χ4n) is 1.78. The summed E-state index contributed by atoms with van der Waals surface area (Å²) in [6, 6.07) is 3.46. The van der Waals surface area contributed by atoms with Gasteiger partial charge in [-0.15, -0.1) is 0 Å². The van der Waals surface area contributed by atoms with Crippen LogP contribution in [0.1, 0.15) is 5.82 Å². The number of aromatic amines is 1. The Labute approximate surface area is 107 Å². The molecule has 88 valence electrons. The van der Waals surface area contributed by atoms with Crippen LogP contribution in [-0.2, 0) is 0 Å². The van der Waals surface area contributed by atoms with E-state index in [9.17, 15) is 0 Å². The van der Waals surface area contributed by atoms with Crippen molar-refractivity contribution in [3.63, 3.8) is 0 Å². The zero-order valence-electron chi connectivity index (χ0n) is 8.74. The fraction of sp³-hybridized carbons (Fsp3) is 0.200. The second-order valence-electron chi connectivity index (χ2n) is 3.77. The van der Waals surface area contributed by atoms with Crippen LogP contribution in [-0.4, -0.2) is 33.9 Å². The number of nitrogens with one attached hydrogen (secondary N) is 1. The summed E-state index contributed by atoms with van der Waals surface area (Å²) in [6.45, 7) is 1.39. The van der Waals surface area contributed by atoms with Gasteiger partial charge in [-0.25, -0.2) is 10.8 Å². The van der Waals surface area contributed by atoms with E-state index in [1.54, 1.807) is 17.1 Å². The summed E-state index contributed by atoms with van der Waals surface area (Å²) < 4.78 is 0. The predicted molar refractivity (Wildman–Crippen MR) is 68.4 cm³/mol. The molecule has 1 aliphatic rings. The summed E-state index contributed by atoms with van der Waals surface area (Å²) in [7, 11) is 0. The Kier molecular flexibility index (Phi) is 2.47. The molecule has 0 aliphatic carbocycles. The Hall–Kier alpha value is -1.30. The number of hydrogen-bond donors (Lipinski definition) is 2. The zero-order chi connectivity index (χ0) is 12.0. The number of nitrogens with two attached hydrogens (primary N) is 1. The molecular formula is C10H9Cl2N5. The van der Waals surface area contributed by atoms with Crippen LogP contribution in [0.2, 0.25) is 10.0 Å². The van der Waals surface area contributed by atoms with Crippen molar-refractivity contribution < 1.29 is 0 Å². The van der Waals surface area contributed by atoms with Gasteiger partial charge in [0.25, 0.3) is 0 Å². The summed E-state index contributed by atoms with van der Waals surface area (Å²) in [6.07, 6.45) is 0. The molecule has 0 fully saturated rings. The Morgan fingerprint density at radius 2 is 2.06 bits per heavy atom. The molecule has 0 radical (unpaired) electrons. The number of rotatable bonds is 1. The topological polar surface area (TPSA) is 70.3 Å². The minimum Gasteiger partial charge on any atom is -0.335 e. The van der Waals surface area contributed by atoms with Crippen LogP contribution in [0, 0.1) is 0 Å². The molecule has 1 aromatic carbocycles. The van der Waals surface area contributed by atoms with Crippen LogP contribution < -0.4 is 5.84 Å². The molecule has 3 rings (SSSR count). The van der Waals surface area contributed by atoms with E-state index < -0.39 is 0 Å². The first-order chi connectivity index (χ1) is 8.15. The summed E-state index contributed by atoms with van der Waals surface area (Å²) in [5, 5.41) is 2.54. The van der Waals surface area contributed by atoms with Crippen molar-refractivity contribution in [1.29, 1.82) is 0 Å². The first kappa shape index (κ1) is 10.8. The SMILES string of the molecule is NN1CCN=C1c1nc2cc(Cl)c(Cl)cc2[nH]1. The highest BCUT2D eigenvalue weighted by atomic mass is 35.5. The van der Waals surface area contributed by atoms with Gasteiger partial charge in [-0.3, -0.25) is 10.0 Å². The molecule has 1 aromatic heterocycles.